The van der Waals surface area contributed by atoms with E-state index in [0.29, 0.717) is 13.0 Å². The maximum absolute atomic E-state index is 12.8. The van der Waals surface area contributed by atoms with Gasteiger partial charge in [-0.15, -0.1) is 11.8 Å². The van der Waals surface area contributed by atoms with Crippen LogP contribution >= 0.6 is 27.7 Å². The fraction of sp³-hybridized carbons (Fsp3) is 0.235. The molecule has 0 aromatic heterocycles. The molecule has 1 N–H and O–H groups in total. The predicted octanol–water partition coefficient (Wildman–Crippen LogP) is 4.43. The quantitative estimate of drug-likeness (QED) is 0.749. The Hall–Kier alpha value is -1.33. The lowest BCUT2D eigenvalue weighted by Gasteiger charge is -2.12. The number of benzene rings is 2. The molecule has 0 unspecified atom stereocenters. The third-order valence-corrected chi connectivity index (χ3v) is 4.76. The lowest BCUT2D eigenvalue weighted by atomic mass is 10.1. The number of hydrogen-bond acceptors (Lipinski definition) is 2. The first-order chi connectivity index (χ1) is 10.5. The van der Waals surface area contributed by atoms with Crippen molar-refractivity contribution in [3.63, 3.8) is 0 Å². The minimum atomic E-state index is -0.243. The van der Waals surface area contributed by atoms with Gasteiger partial charge in [0.2, 0.25) is 5.91 Å². The second-order valence-corrected chi connectivity index (χ2v) is 7.21. The maximum Gasteiger partial charge on any atom is 0.233 e. The van der Waals surface area contributed by atoms with E-state index in [-0.39, 0.29) is 17.0 Å². The summed E-state index contributed by atoms with van der Waals surface area (Å²) in [5.74, 6) is -0.234. The van der Waals surface area contributed by atoms with Crippen LogP contribution in [0.4, 0.5) is 4.39 Å². The molecule has 2 rings (SSSR count). The monoisotopic (exact) mass is 381 g/mol. The second kappa shape index (κ2) is 8.34. The molecule has 116 valence electrons. The van der Waals surface area contributed by atoms with Gasteiger partial charge in [-0.25, -0.2) is 4.39 Å². The Labute approximate surface area is 142 Å². The fourth-order valence-corrected chi connectivity index (χ4v) is 3.05. The van der Waals surface area contributed by atoms with Crippen molar-refractivity contribution in [3.05, 3.63) is 64.4 Å². The number of amides is 1. The molecule has 0 aliphatic rings. The number of hydrogen-bond donors (Lipinski definition) is 1. The standard InChI is InChI=1S/C17H17BrFNOS/c1-12(22-16-8-4-14(18)5-9-16)17(21)20-11-10-13-2-6-15(19)7-3-13/h2-9,12H,10-11H2,1H3,(H,20,21)/t12-/m0/s1. The van der Waals surface area contributed by atoms with E-state index in [4.69, 9.17) is 0 Å². The minimum absolute atomic E-state index is 0.00929. The first-order valence-electron chi connectivity index (χ1n) is 6.99. The number of thioether (sulfide) groups is 1. The Bertz CT molecular complexity index is 616. The van der Waals surface area contributed by atoms with Crippen LogP contribution in [0.3, 0.4) is 0 Å². The van der Waals surface area contributed by atoms with Gasteiger partial charge in [-0.05, 0) is 55.3 Å². The number of carbonyl (C=O) groups is 1. The smallest absolute Gasteiger partial charge is 0.233 e. The number of nitrogens with one attached hydrogen (secondary N) is 1. The second-order valence-electron chi connectivity index (χ2n) is 4.88. The maximum atomic E-state index is 12.8. The molecule has 2 aromatic carbocycles. The van der Waals surface area contributed by atoms with Crippen molar-refractivity contribution >= 4 is 33.6 Å². The molecule has 0 bridgehead atoms. The summed E-state index contributed by atoms with van der Waals surface area (Å²) >= 11 is 4.92. The minimum Gasteiger partial charge on any atom is -0.355 e. The molecule has 5 heteroatoms. The zero-order chi connectivity index (χ0) is 15.9. The third kappa shape index (κ3) is 5.46. The SMILES string of the molecule is C[C@H](Sc1ccc(Br)cc1)C(=O)NCCc1ccc(F)cc1. The van der Waals surface area contributed by atoms with E-state index in [1.807, 2.05) is 31.2 Å². The van der Waals surface area contributed by atoms with E-state index < -0.39 is 0 Å². The lowest BCUT2D eigenvalue weighted by Crippen LogP contribution is -2.32. The van der Waals surface area contributed by atoms with Gasteiger partial charge in [0, 0.05) is 15.9 Å². The first kappa shape index (κ1) is 17.0. The summed E-state index contributed by atoms with van der Waals surface area (Å²) in [5.41, 5.74) is 1.01. The van der Waals surface area contributed by atoms with E-state index in [2.05, 4.69) is 21.2 Å². The summed E-state index contributed by atoms with van der Waals surface area (Å²) in [5, 5.41) is 2.76. The van der Waals surface area contributed by atoms with Gasteiger partial charge in [-0.3, -0.25) is 4.79 Å². The van der Waals surface area contributed by atoms with E-state index >= 15 is 0 Å². The number of halogens is 2. The highest BCUT2D eigenvalue weighted by molar-refractivity contribution is 9.10. The van der Waals surface area contributed by atoms with Gasteiger partial charge in [-0.2, -0.15) is 0 Å². The van der Waals surface area contributed by atoms with Crippen molar-refractivity contribution in [2.24, 2.45) is 0 Å². The van der Waals surface area contributed by atoms with Crippen LogP contribution in [0.25, 0.3) is 0 Å². The molecule has 0 aliphatic carbocycles. The van der Waals surface area contributed by atoms with E-state index in [9.17, 15) is 9.18 Å². The van der Waals surface area contributed by atoms with Crippen LogP contribution in [0.2, 0.25) is 0 Å². The molecular formula is C17H17BrFNOS. The van der Waals surface area contributed by atoms with Gasteiger partial charge in [0.25, 0.3) is 0 Å². The normalized spacial score (nSPS) is 12.0. The van der Waals surface area contributed by atoms with Crippen LogP contribution in [-0.2, 0) is 11.2 Å². The van der Waals surface area contributed by atoms with Crippen molar-refractivity contribution in [2.75, 3.05) is 6.54 Å². The third-order valence-electron chi connectivity index (χ3n) is 3.12. The largest absolute Gasteiger partial charge is 0.355 e. The van der Waals surface area contributed by atoms with Gasteiger partial charge in [0.1, 0.15) is 5.82 Å². The summed E-state index contributed by atoms with van der Waals surface area (Å²) in [4.78, 5) is 13.1. The molecule has 0 aliphatic heterocycles. The molecule has 0 spiro atoms. The summed E-state index contributed by atoms with van der Waals surface area (Å²) in [6, 6.07) is 14.2. The van der Waals surface area contributed by atoms with Gasteiger partial charge >= 0.3 is 0 Å². The van der Waals surface area contributed by atoms with Crippen LogP contribution < -0.4 is 5.32 Å². The molecule has 1 amide bonds. The summed E-state index contributed by atoms with van der Waals surface area (Å²) in [7, 11) is 0. The Morgan fingerprint density at radius 3 is 2.45 bits per heavy atom. The van der Waals surface area contributed by atoms with Gasteiger partial charge in [0.05, 0.1) is 5.25 Å². The highest BCUT2D eigenvalue weighted by Gasteiger charge is 2.13. The van der Waals surface area contributed by atoms with E-state index in [1.165, 1.54) is 23.9 Å². The highest BCUT2D eigenvalue weighted by atomic mass is 79.9. The summed E-state index contributed by atoms with van der Waals surface area (Å²) in [6.07, 6.45) is 0.696. The average Bonchev–Trinajstić information content (AvgIpc) is 2.51. The van der Waals surface area contributed by atoms with Gasteiger partial charge < -0.3 is 5.32 Å². The van der Waals surface area contributed by atoms with Crippen LogP contribution in [0.5, 0.6) is 0 Å². The van der Waals surface area contributed by atoms with Crippen LogP contribution in [0.15, 0.2) is 57.9 Å². The number of carbonyl (C=O) groups excluding carboxylic acids is 1. The molecule has 2 nitrogen and oxygen atoms in total. The molecule has 0 radical (unpaired) electrons. The average molecular weight is 382 g/mol. The summed E-state index contributed by atoms with van der Waals surface area (Å²) < 4.78 is 13.8. The zero-order valence-electron chi connectivity index (χ0n) is 12.2. The zero-order valence-corrected chi connectivity index (χ0v) is 14.6. The van der Waals surface area contributed by atoms with Crippen molar-refractivity contribution in [1.29, 1.82) is 0 Å². The molecule has 22 heavy (non-hydrogen) atoms. The molecular weight excluding hydrogens is 365 g/mol. The van der Waals surface area contributed by atoms with Crippen LogP contribution in [0.1, 0.15) is 12.5 Å². The van der Waals surface area contributed by atoms with Crippen LogP contribution in [0, 0.1) is 5.82 Å². The number of rotatable bonds is 6. The Morgan fingerprint density at radius 1 is 1.18 bits per heavy atom. The Kier molecular flexibility index (Phi) is 6.46. The highest BCUT2D eigenvalue weighted by Crippen LogP contribution is 2.24. The summed E-state index contributed by atoms with van der Waals surface area (Å²) in [6.45, 7) is 2.44. The first-order valence-corrected chi connectivity index (χ1v) is 8.66. The molecule has 0 heterocycles. The topological polar surface area (TPSA) is 29.1 Å². The van der Waals surface area contributed by atoms with Crippen molar-refractivity contribution in [2.45, 2.75) is 23.5 Å². The van der Waals surface area contributed by atoms with Crippen molar-refractivity contribution in [1.82, 2.24) is 5.32 Å². The molecule has 1 atom stereocenters. The predicted molar refractivity (Wildman–Crippen MR) is 92.6 cm³/mol. The van der Waals surface area contributed by atoms with Crippen LogP contribution in [-0.4, -0.2) is 17.7 Å². The van der Waals surface area contributed by atoms with Crippen molar-refractivity contribution < 1.29 is 9.18 Å². The molecule has 0 fully saturated rings. The van der Waals surface area contributed by atoms with E-state index in [1.54, 1.807) is 12.1 Å². The molecule has 2 aromatic rings. The van der Waals surface area contributed by atoms with Gasteiger partial charge in [-0.1, -0.05) is 28.1 Å². The molecule has 0 saturated carbocycles. The van der Waals surface area contributed by atoms with Crippen molar-refractivity contribution in [3.8, 4) is 0 Å². The lowest BCUT2D eigenvalue weighted by molar-refractivity contribution is -0.120. The molecule has 0 saturated heterocycles. The Morgan fingerprint density at radius 2 is 1.82 bits per heavy atom. The van der Waals surface area contributed by atoms with Gasteiger partial charge in [0.15, 0.2) is 0 Å². The fourth-order valence-electron chi connectivity index (χ4n) is 1.90. The Balaban J connectivity index is 1.76. The van der Waals surface area contributed by atoms with E-state index in [0.717, 1.165) is 14.9 Å².